The number of fused-ring (bicyclic) bond motifs is 1. The highest BCUT2D eigenvalue weighted by atomic mass is 15.4. The minimum atomic E-state index is 0.810. The van der Waals surface area contributed by atoms with E-state index < -0.39 is 0 Å². The maximum atomic E-state index is 4.10. The molecule has 11 heavy (non-hydrogen) atoms. The van der Waals surface area contributed by atoms with Gasteiger partial charge >= 0.3 is 0 Å². The zero-order valence-electron chi connectivity index (χ0n) is 6.23. The van der Waals surface area contributed by atoms with Gasteiger partial charge in [-0.25, -0.2) is 0 Å². The second-order valence-corrected chi connectivity index (χ2v) is 2.26. The van der Waals surface area contributed by atoms with Gasteiger partial charge in [-0.05, 0) is 12.1 Å². The molecule has 4 nitrogen and oxygen atoms in total. The van der Waals surface area contributed by atoms with E-state index in [0.29, 0.717) is 0 Å². The van der Waals surface area contributed by atoms with Crippen LogP contribution in [0.15, 0.2) is 18.3 Å². The molecular formula is C7H8N4. The summed E-state index contributed by atoms with van der Waals surface area (Å²) < 4.78 is 1.75. The molecule has 0 saturated carbocycles. The van der Waals surface area contributed by atoms with Gasteiger partial charge in [0.15, 0.2) is 11.5 Å². The lowest BCUT2D eigenvalue weighted by atomic mass is 10.5. The van der Waals surface area contributed by atoms with Gasteiger partial charge in [0.2, 0.25) is 0 Å². The van der Waals surface area contributed by atoms with Gasteiger partial charge in [-0.15, -0.1) is 10.2 Å². The first-order chi connectivity index (χ1) is 5.42. The topological polar surface area (TPSA) is 43.1 Å². The average molecular weight is 148 g/mol. The van der Waals surface area contributed by atoms with Crippen molar-refractivity contribution in [3.8, 4) is 0 Å². The van der Waals surface area contributed by atoms with Crippen molar-refractivity contribution in [2.45, 2.75) is 13.3 Å². The third-order valence-electron chi connectivity index (χ3n) is 1.56. The Kier molecular flexibility index (Phi) is 1.31. The summed E-state index contributed by atoms with van der Waals surface area (Å²) in [5.41, 5.74) is 0.810. The molecule has 0 aromatic carbocycles. The van der Waals surface area contributed by atoms with Crippen LogP contribution in [0.1, 0.15) is 12.7 Å². The van der Waals surface area contributed by atoms with Crippen molar-refractivity contribution in [1.29, 1.82) is 0 Å². The van der Waals surface area contributed by atoms with Gasteiger partial charge in [-0.2, -0.15) is 9.61 Å². The molecule has 2 aromatic heterocycles. The first-order valence-corrected chi connectivity index (χ1v) is 3.57. The third kappa shape index (κ3) is 0.869. The standard InChI is InChI=1S/C7H8N4/c1-2-6-9-10-7-4-3-5-8-11(6)7/h3-5H,2H2,1H3. The predicted octanol–water partition coefficient (Wildman–Crippen LogP) is 0.687. The van der Waals surface area contributed by atoms with E-state index in [2.05, 4.69) is 15.3 Å². The van der Waals surface area contributed by atoms with Crippen LogP contribution in [0.2, 0.25) is 0 Å². The minimum Gasteiger partial charge on any atom is -0.197 e. The molecule has 0 aliphatic carbocycles. The molecule has 0 saturated heterocycles. The fourth-order valence-electron chi connectivity index (χ4n) is 1.01. The molecule has 0 amide bonds. The van der Waals surface area contributed by atoms with E-state index in [1.165, 1.54) is 0 Å². The second-order valence-electron chi connectivity index (χ2n) is 2.26. The Morgan fingerprint density at radius 2 is 2.36 bits per heavy atom. The van der Waals surface area contributed by atoms with Crippen LogP contribution in [0, 0.1) is 0 Å². The van der Waals surface area contributed by atoms with E-state index in [4.69, 9.17) is 0 Å². The normalized spacial score (nSPS) is 10.6. The van der Waals surface area contributed by atoms with E-state index in [1.54, 1.807) is 10.7 Å². The molecule has 0 fully saturated rings. The maximum absolute atomic E-state index is 4.10. The SMILES string of the molecule is CCc1nnc2cccnn12. The zero-order valence-corrected chi connectivity index (χ0v) is 6.23. The highest BCUT2D eigenvalue weighted by molar-refractivity contribution is 5.34. The molecule has 2 heterocycles. The summed E-state index contributed by atoms with van der Waals surface area (Å²) in [4.78, 5) is 0. The van der Waals surface area contributed by atoms with E-state index in [-0.39, 0.29) is 0 Å². The van der Waals surface area contributed by atoms with Crippen molar-refractivity contribution < 1.29 is 0 Å². The van der Waals surface area contributed by atoms with Gasteiger partial charge in [-0.1, -0.05) is 6.92 Å². The summed E-state index contributed by atoms with van der Waals surface area (Å²) in [6, 6.07) is 3.74. The maximum Gasteiger partial charge on any atom is 0.177 e. The van der Waals surface area contributed by atoms with E-state index >= 15 is 0 Å². The summed E-state index contributed by atoms with van der Waals surface area (Å²) in [6.45, 7) is 2.03. The highest BCUT2D eigenvalue weighted by Gasteiger charge is 2.00. The number of hydrogen-bond acceptors (Lipinski definition) is 3. The number of rotatable bonds is 1. The van der Waals surface area contributed by atoms with E-state index in [1.807, 2.05) is 19.1 Å². The molecule has 0 N–H and O–H groups in total. The van der Waals surface area contributed by atoms with Crippen molar-refractivity contribution >= 4 is 5.65 Å². The Bertz CT molecular complexity index is 365. The van der Waals surface area contributed by atoms with Gasteiger partial charge in [0.05, 0.1) is 0 Å². The number of aromatic nitrogens is 4. The van der Waals surface area contributed by atoms with Crippen LogP contribution < -0.4 is 0 Å². The average Bonchev–Trinajstić information content (AvgIpc) is 2.47. The fourth-order valence-corrected chi connectivity index (χ4v) is 1.01. The molecule has 4 heteroatoms. The van der Waals surface area contributed by atoms with E-state index in [0.717, 1.165) is 17.9 Å². The van der Waals surface area contributed by atoms with Crippen molar-refractivity contribution in [3.63, 3.8) is 0 Å². The number of hydrogen-bond donors (Lipinski definition) is 0. The summed E-state index contributed by atoms with van der Waals surface area (Å²) >= 11 is 0. The molecule has 0 aliphatic rings. The molecular weight excluding hydrogens is 140 g/mol. The molecule has 0 bridgehead atoms. The molecule has 0 atom stereocenters. The lowest BCUT2D eigenvalue weighted by molar-refractivity contribution is 0.823. The van der Waals surface area contributed by atoms with Crippen molar-refractivity contribution in [2.24, 2.45) is 0 Å². The lowest BCUT2D eigenvalue weighted by Crippen LogP contribution is -1.95. The summed E-state index contributed by atoms with van der Waals surface area (Å²) in [5, 5.41) is 12.0. The molecule has 0 aliphatic heterocycles. The largest absolute Gasteiger partial charge is 0.197 e. The predicted molar refractivity (Wildman–Crippen MR) is 40.2 cm³/mol. The number of nitrogens with zero attached hydrogens (tertiary/aromatic N) is 4. The summed E-state index contributed by atoms with van der Waals surface area (Å²) in [5.74, 6) is 0.903. The quantitative estimate of drug-likeness (QED) is 0.597. The van der Waals surface area contributed by atoms with Crippen LogP contribution in [-0.4, -0.2) is 19.8 Å². The van der Waals surface area contributed by atoms with Crippen molar-refractivity contribution in [2.75, 3.05) is 0 Å². The number of aryl methyl sites for hydroxylation is 1. The van der Waals surface area contributed by atoms with Crippen LogP contribution in [-0.2, 0) is 6.42 Å². The summed E-state index contributed by atoms with van der Waals surface area (Å²) in [7, 11) is 0. The third-order valence-corrected chi connectivity index (χ3v) is 1.56. The van der Waals surface area contributed by atoms with Crippen molar-refractivity contribution in [1.82, 2.24) is 19.8 Å². The van der Waals surface area contributed by atoms with Gasteiger partial charge in [0, 0.05) is 12.6 Å². The van der Waals surface area contributed by atoms with Gasteiger partial charge in [0.25, 0.3) is 0 Å². The van der Waals surface area contributed by atoms with Crippen LogP contribution in [0.25, 0.3) is 5.65 Å². The molecule has 0 unspecified atom stereocenters. The summed E-state index contributed by atoms with van der Waals surface area (Å²) in [6.07, 6.45) is 2.59. The van der Waals surface area contributed by atoms with Crippen molar-refractivity contribution in [3.05, 3.63) is 24.2 Å². The van der Waals surface area contributed by atoms with Crippen LogP contribution in [0.4, 0.5) is 0 Å². The molecule has 2 rings (SSSR count). The lowest BCUT2D eigenvalue weighted by Gasteiger charge is -1.91. The molecule has 2 aromatic rings. The first kappa shape index (κ1) is 6.27. The van der Waals surface area contributed by atoms with Crippen LogP contribution in [0.5, 0.6) is 0 Å². The second kappa shape index (κ2) is 2.30. The Morgan fingerprint density at radius 3 is 3.18 bits per heavy atom. The highest BCUT2D eigenvalue weighted by Crippen LogP contribution is 1.99. The Labute approximate surface area is 63.9 Å². The van der Waals surface area contributed by atoms with Gasteiger partial charge in [0.1, 0.15) is 0 Å². The monoisotopic (exact) mass is 148 g/mol. The Balaban J connectivity index is 2.76. The molecule has 0 spiro atoms. The molecule has 56 valence electrons. The van der Waals surface area contributed by atoms with E-state index in [9.17, 15) is 0 Å². The van der Waals surface area contributed by atoms with Gasteiger partial charge < -0.3 is 0 Å². The van der Waals surface area contributed by atoms with Gasteiger partial charge in [-0.3, -0.25) is 0 Å². The van der Waals surface area contributed by atoms with Crippen LogP contribution in [0.3, 0.4) is 0 Å². The van der Waals surface area contributed by atoms with Crippen LogP contribution >= 0.6 is 0 Å². The minimum absolute atomic E-state index is 0.810. The Morgan fingerprint density at radius 1 is 1.45 bits per heavy atom. The first-order valence-electron chi connectivity index (χ1n) is 3.57. The smallest absolute Gasteiger partial charge is 0.177 e. The molecule has 0 radical (unpaired) electrons. The fraction of sp³-hybridized carbons (Fsp3) is 0.286. The Hall–Kier alpha value is -1.45. The zero-order chi connectivity index (χ0) is 7.68.